The Kier molecular flexibility index (Phi) is 4.46. The summed E-state index contributed by atoms with van der Waals surface area (Å²) in [5, 5.41) is 10.3. The molecule has 0 spiro atoms. The number of sulfonamides is 1. The van der Waals surface area contributed by atoms with Crippen molar-refractivity contribution in [2.45, 2.75) is 24.8 Å². The maximum absolute atomic E-state index is 12.4. The zero-order valence-electron chi connectivity index (χ0n) is 11.9. The number of aromatic nitrogens is 1. The van der Waals surface area contributed by atoms with E-state index in [1.54, 1.807) is 12.1 Å². The number of nitrogens with one attached hydrogen (secondary N) is 1. The molecule has 114 valence electrons. The minimum atomic E-state index is -3.76. The lowest BCUT2D eigenvalue weighted by atomic mass is 10.1. The zero-order chi connectivity index (χ0) is 15.6. The fourth-order valence-corrected chi connectivity index (χ4v) is 3.10. The first-order chi connectivity index (χ1) is 9.83. The minimum absolute atomic E-state index is 0.0333. The average molecular weight is 309 g/mol. The fourth-order valence-electron chi connectivity index (χ4n) is 1.89. The molecule has 2 aromatic rings. The molecule has 1 aromatic heterocycles. The van der Waals surface area contributed by atoms with Crippen molar-refractivity contribution in [2.24, 2.45) is 5.92 Å². The summed E-state index contributed by atoms with van der Waals surface area (Å²) < 4.78 is 27.2. The summed E-state index contributed by atoms with van der Waals surface area (Å²) >= 11 is 0. The Bertz CT molecular complexity index is 744. The van der Waals surface area contributed by atoms with Crippen molar-refractivity contribution in [2.75, 3.05) is 12.3 Å². The molecular formula is C14H19N3O3S. The SMILES string of the molecule is CC(C)C(O)CNS(=O)(=O)c1ccc(N)c2cccnc12. The van der Waals surface area contributed by atoms with Crippen LogP contribution in [0.3, 0.4) is 0 Å². The molecule has 0 radical (unpaired) electrons. The van der Waals surface area contributed by atoms with Gasteiger partial charge in [0, 0.05) is 23.8 Å². The molecule has 0 aliphatic rings. The Hall–Kier alpha value is -1.70. The standard InChI is InChI=1S/C14H19N3O3S/c1-9(2)12(18)8-17-21(19,20)13-6-5-11(15)10-4-3-7-16-14(10)13/h3-7,9,12,17-18H,8,15H2,1-2H3. The average Bonchev–Trinajstić information content (AvgIpc) is 2.45. The number of benzene rings is 1. The molecule has 6 nitrogen and oxygen atoms in total. The number of nitrogens with zero attached hydrogens (tertiary/aromatic N) is 1. The Morgan fingerprint density at radius 1 is 1.33 bits per heavy atom. The highest BCUT2D eigenvalue weighted by molar-refractivity contribution is 7.89. The van der Waals surface area contributed by atoms with E-state index >= 15 is 0 Å². The van der Waals surface area contributed by atoms with Gasteiger partial charge in [-0.1, -0.05) is 13.8 Å². The molecule has 1 atom stereocenters. The summed E-state index contributed by atoms with van der Waals surface area (Å²) in [7, 11) is -3.76. The van der Waals surface area contributed by atoms with Crippen molar-refractivity contribution in [1.29, 1.82) is 0 Å². The molecule has 1 unspecified atom stereocenters. The van der Waals surface area contributed by atoms with E-state index < -0.39 is 16.1 Å². The van der Waals surface area contributed by atoms with Crippen LogP contribution < -0.4 is 10.5 Å². The number of nitrogens with two attached hydrogens (primary N) is 1. The van der Waals surface area contributed by atoms with Gasteiger partial charge in [-0.05, 0) is 30.2 Å². The molecule has 4 N–H and O–H groups in total. The van der Waals surface area contributed by atoms with Gasteiger partial charge in [0.1, 0.15) is 4.90 Å². The summed E-state index contributed by atoms with van der Waals surface area (Å²) in [5.74, 6) is -0.0333. The van der Waals surface area contributed by atoms with Gasteiger partial charge in [0.05, 0.1) is 11.6 Å². The van der Waals surface area contributed by atoms with E-state index in [1.165, 1.54) is 18.3 Å². The highest BCUT2D eigenvalue weighted by Gasteiger charge is 2.21. The van der Waals surface area contributed by atoms with E-state index in [-0.39, 0.29) is 17.4 Å². The number of aliphatic hydroxyl groups is 1. The van der Waals surface area contributed by atoms with Crippen LogP contribution in [-0.4, -0.2) is 31.2 Å². The van der Waals surface area contributed by atoms with Gasteiger partial charge in [-0.15, -0.1) is 0 Å². The molecule has 1 aromatic carbocycles. The van der Waals surface area contributed by atoms with Crippen LogP contribution in [0.1, 0.15) is 13.8 Å². The zero-order valence-corrected chi connectivity index (χ0v) is 12.8. The summed E-state index contributed by atoms with van der Waals surface area (Å²) in [6.07, 6.45) is 0.775. The van der Waals surface area contributed by atoms with E-state index in [1.807, 2.05) is 13.8 Å². The van der Waals surface area contributed by atoms with E-state index in [4.69, 9.17) is 5.73 Å². The predicted molar refractivity (Wildman–Crippen MR) is 82.2 cm³/mol. The molecule has 0 bridgehead atoms. The summed E-state index contributed by atoms with van der Waals surface area (Å²) in [5.41, 5.74) is 6.63. The second-order valence-corrected chi connectivity index (χ2v) is 6.95. The van der Waals surface area contributed by atoms with Crippen LogP contribution in [0.4, 0.5) is 5.69 Å². The van der Waals surface area contributed by atoms with Crippen LogP contribution in [-0.2, 0) is 10.0 Å². The van der Waals surface area contributed by atoms with Crippen LogP contribution in [0.15, 0.2) is 35.4 Å². The topological polar surface area (TPSA) is 105 Å². The van der Waals surface area contributed by atoms with E-state index in [2.05, 4.69) is 9.71 Å². The third-order valence-electron chi connectivity index (χ3n) is 3.31. The highest BCUT2D eigenvalue weighted by atomic mass is 32.2. The molecule has 7 heteroatoms. The summed E-state index contributed by atoms with van der Waals surface area (Å²) in [6, 6.07) is 6.39. The summed E-state index contributed by atoms with van der Waals surface area (Å²) in [4.78, 5) is 4.17. The second-order valence-electron chi connectivity index (χ2n) is 5.22. The van der Waals surface area contributed by atoms with Crippen LogP contribution in [0.2, 0.25) is 0 Å². The smallest absolute Gasteiger partial charge is 0.242 e. The van der Waals surface area contributed by atoms with Gasteiger partial charge < -0.3 is 10.8 Å². The normalized spacial score (nSPS) is 13.7. The number of nitrogen functional groups attached to an aromatic ring is 1. The Balaban J connectivity index is 2.39. The first kappa shape index (κ1) is 15.7. The molecule has 0 amide bonds. The van der Waals surface area contributed by atoms with Crippen molar-refractivity contribution in [3.05, 3.63) is 30.5 Å². The second kappa shape index (κ2) is 5.97. The van der Waals surface area contributed by atoms with Gasteiger partial charge in [-0.3, -0.25) is 4.98 Å². The number of hydrogen-bond acceptors (Lipinski definition) is 5. The van der Waals surface area contributed by atoms with E-state index in [0.717, 1.165) is 0 Å². The Labute approximate surface area is 124 Å². The molecule has 0 aliphatic carbocycles. The van der Waals surface area contributed by atoms with Crippen LogP contribution in [0, 0.1) is 5.92 Å². The van der Waals surface area contributed by atoms with Crippen molar-refractivity contribution >= 4 is 26.6 Å². The van der Waals surface area contributed by atoms with E-state index in [9.17, 15) is 13.5 Å². The molecule has 2 rings (SSSR count). The predicted octanol–water partition coefficient (Wildman–Crippen LogP) is 1.11. The van der Waals surface area contributed by atoms with Gasteiger partial charge >= 0.3 is 0 Å². The first-order valence-corrected chi connectivity index (χ1v) is 8.12. The Morgan fingerprint density at radius 3 is 2.71 bits per heavy atom. The first-order valence-electron chi connectivity index (χ1n) is 6.64. The maximum Gasteiger partial charge on any atom is 0.242 e. The van der Waals surface area contributed by atoms with Crippen LogP contribution in [0.5, 0.6) is 0 Å². The lowest BCUT2D eigenvalue weighted by Crippen LogP contribution is -2.34. The third kappa shape index (κ3) is 3.31. The number of aliphatic hydroxyl groups excluding tert-OH is 1. The lowest BCUT2D eigenvalue weighted by molar-refractivity contribution is 0.129. The number of pyridine rings is 1. The lowest BCUT2D eigenvalue weighted by Gasteiger charge is -2.16. The fraction of sp³-hybridized carbons (Fsp3) is 0.357. The molecule has 0 aliphatic heterocycles. The molecule has 0 saturated carbocycles. The van der Waals surface area contributed by atoms with Crippen molar-refractivity contribution in [1.82, 2.24) is 9.71 Å². The van der Waals surface area contributed by atoms with Crippen molar-refractivity contribution in [3.8, 4) is 0 Å². The third-order valence-corrected chi connectivity index (χ3v) is 4.76. The largest absolute Gasteiger partial charge is 0.398 e. The molecule has 1 heterocycles. The number of hydrogen-bond donors (Lipinski definition) is 3. The monoisotopic (exact) mass is 309 g/mol. The van der Waals surface area contributed by atoms with Gasteiger partial charge in [-0.2, -0.15) is 0 Å². The minimum Gasteiger partial charge on any atom is -0.398 e. The number of anilines is 1. The van der Waals surface area contributed by atoms with Crippen LogP contribution in [0.25, 0.3) is 10.9 Å². The van der Waals surface area contributed by atoms with Gasteiger partial charge in [0.25, 0.3) is 0 Å². The highest BCUT2D eigenvalue weighted by Crippen LogP contribution is 2.25. The van der Waals surface area contributed by atoms with Crippen molar-refractivity contribution < 1.29 is 13.5 Å². The molecular weight excluding hydrogens is 290 g/mol. The number of fused-ring (bicyclic) bond motifs is 1. The summed E-state index contributed by atoms with van der Waals surface area (Å²) in [6.45, 7) is 3.59. The maximum atomic E-state index is 12.4. The van der Waals surface area contributed by atoms with Gasteiger partial charge in [0.2, 0.25) is 10.0 Å². The quantitative estimate of drug-likeness (QED) is 0.718. The Morgan fingerprint density at radius 2 is 2.05 bits per heavy atom. The van der Waals surface area contributed by atoms with E-state index in [0.29, 0.717) is 16.6 Å². The molecule has 0 fully saturated rings. The van der Waals surface area contributed by atoms with Gasteiger partial charge in [0.15, 0.2) is 0 Å². The molecule has 21 heavy (non-hydrogen) atoms. The number of rotatable bonds is 5. The van der Waals surface area contributed by atoms with Gasteiger partial charge in [-0.25, -0.2) is 13.1 Å². The van der Waals surface area contributed by atoms with Crippen molar-refractivity contribution in [3.63, 3.8) is 0 Å². The molecule has 0 saturated heterocycles. The van der Waals surface area contributed by atoms with Crippen LogP contribution >= 0.6 is 0 Å².